The molecule has 1 atom stereocenters. The second kappa shape index (κ2) is 20.3. The highest BCUT2D eigenvalue weighted by atomic mass is 16.9. The Kier molecular flexibility index (Phi) is 20.2. The van der Waals surface area contributed by atoms with Gasteiger partial charge in [-0.2, -0.15) is 0 Å². The minimum atomic E-state index is -0.930. The van der Waals surface area contributed by atoms with Crippen molar-refractivity contribution in [2.75, 3.05) is 0 Å². The van der Waals surface area contributed by atoms with E-state index in [1.165, 1.54) is 89.9 Å². The van der Waals surface area contributed by atoms with Gasteiger partial charge >= 0.3 is 0 Å². The van der Waals surface area contributed by atoms with Crippen LogP contribution < -0.4 is 0 Å². The third-order valence-corrected chi connectivity index (χ3v) is 6.01. The predicted molar refractivity (Wildman–Crippen MR) is 140 cm³/mol. The first-order valence-corrected chi connectivity index (χ1v) is 14.3. The zero-order chi connectivity index (χ0) is 24.2. The van der Waals surface area contributed by atoms with Gasteiger partial charge in [-0.3, -0.25) is 0 Å². The van der Waals surface area contributed by atoms with Gasteiger partial charge in [0.15, 0.2) is 0 Å². The topological polar surface area (TPSA) is 27.7 Å². The van der Waals surface area contributed by atoms with E-state index >= 15 is 0 Å². The summed E-state index contributed by atoms with van der Waals surface area (Å²) in [6, 6.07) is 0. The summed E-state index contributed by atoms with van der Waals surface area (Å²) in [5, 5.41) is 0. The molecule has 1 unspecified atom stereocenters. The Balaban J connectivity index is 5.09. The Bertz CT molecular complexity index is 365. The molecule has 0 heterocycles. The maximum atomic E-state index is 6.50. The minimum Gasteiger partial charge on any atom is -0.324 e. The van der Waals surface area contributed by atoms with Crippen molar-refractivity contribution in [2.24, 2.45) is 5.92 Å². The van der Waals surface area contributed by atoms with Gasteiger partial charge in [-0.25, -0.2) is 0 Å². The van der Waals surface area contributed by atoms with Gasteiger partial charge in [-0.05, 0) is 54.4 Å². The molecule has 0 aliphatic heterocycles. The highest BCUT2D eigenvalue weighted by molar-refractivity contribution is 4.76. The SMILES string of the molecule is CCCCCCCCCCC(CCCCCCCC)C(OC(C)C)(OC(C)C)OC(C)C. The third-order valence-electron chi connectivity index (χ3n) is 6.01. The summed E-state index contributed by atoms with van der Waals surface area (Å²) < 4.78 is 19.5. The lowest BCUT2D eigenvalue weighted by Gasteiger charge is -2.43. The lowest BCUT2D eigenvalue weighted by molar-refractivity contribution is -0.433. The van der Waals surface area contributed by atoms with Gasteiger partial charge in [-0.1, -0.05) is 104 Å². The molecule has 0 spiro atoms. The molecule has 0 aliphatic rings. The molecule has 32 heavy (non-hydrogen) atoms. The van der Waals surface area contributed by atoms with Crippen LogP contribution in [0.2, 0.25) is 0 Å². The van der Waals surface area contributed by atoms with Crippen LogP contribution >= 0.6 is 0 Å². The summed E-state index contributed by atoms with van der Waals surface area (Å²) in [5.74, 6) is -0.651. The summed E-state index contributed by atoms with van der Waals surface area (Å²) in [4.78, 5) is 0. The van der Waals surface area contributed by atoms with Crippen molar-refractivity contribution in [3.8, 4) is 0 Å². The number of ether oxygens (including phenoxy) is 3. The second-order valence-electron chi connectivity index (χ2n) is 10.6. The zero-order valence-electron chi connectivity index (χ0n) is 23.3. The number of hydrogen-bond donors (Lipinski definition) is 0. The lowest BCUT2D eigenvalue weighted by atomic mass is 9.91. The van der Waals surface area contributed by atoms with Crippen molar-refractivity contribution in [3.63, 3.8) is 0 Å². The summed E-state index contributed by atoms with van der Waals surface area (Å²) >= 11 is 0. The van der Waals surface area contributed by atoms with Gasteiger partial charge in [0.2, 0.25) is 0 Å². The first kappa shape index (κ1) is 31.9. The van der Waals surface area contributed by atoms with Gasteiger partial charge in [0.05, 0.1) is 18.3 Å². The van der Waals surface area contributed by atoms with Crippen LogP contribution in [0.3, 0.4) is 0 Å². The summed E-state index contributed by atoms with van der Waals surface area (Å²) in [5.41, 5.74) is 0. The van der Waals surface area contributed by atoms with E-state index in [0.29, 0.717) is 0 Å². The monoisotopic (exact) mass is 456 g/mol. The summed E-state index contributed by atoms with van der Waals surface area (Å²) in [6.07, 6.45) is 21.1. The Morgan fingerprint density at radius 2 is 0.719 bits per heavy atom. The fraction of sp³-hybridized carbons (Fsp3) is 1.00. The van der Waals surface area contributed by atoms with Gasteiger partial charge < -0.3 is 14.2 Å². The normalized spacial score (nSPS) is 13.6. The van der Waals surface area contributed by atoms with E-state index in [2.05, 4.69) is 55.4 Å². The molecular weight excluding hydrogens is 396 g/mol. The second-order valence-corrected chi connectivity index (χ2v) is 10.6. The molecular formula is C29H60O3. The van der Waals surface area contributed by atoms with E-state index < -0.39 is 5.97 Å². The maximum absolute atomic E-state index is 6.50. The molecule has 0 fully saturated rings. The standard InChI is InChI=1S/C29H60O3/c1-9-11-13-15-17-18-20-22-24-28(23-21-19-16-14-12-10-2)29(30-25(3)4,31-26(5)6)32-27(7)8/h25-28H,9-24H2,1-8H3. The molecule has 0 aromatic rings. The van der Waals surface area contributed by atoms with E-state index in [9.17, 15) is 0 Å². The molecule has 0 aromatic heterocycles. The molecule has 194 valence electrons. The summed E-state index contributed by atoms with van der Waals surface area (Å²) in [7, 11) is 0. The quantitative estimate of drug-likeness (QED) is 0.113. The first-order chi connectivity index (χ1) is 15.3. The lowest BCUT2D eigenvalue weighted by Crippen LogP contribution is -2.50. The van der Waals surface area contributed by atoms with E-state index in [1.807, 2.05) is 0 Å². The molecule has 0 aromatic carbocycles. The molecule has 3 nitrogen and oxygen atoms in total. The average Bonchev–Trinajstić information content (AvgIpc) is 2.69. The van der Waals surface area contributed by atoms with Crippen molar-refractivity contribution in [1.82, 2.24) is 0 Å². The minimum absolute atomic E-state index is 0.0677. The first-order valence-electron chi connectivity index (χ1n) is 14.3. The van der Waals surface area contributed by atoms with Gasteiger partial charge in [0.25, 0.3) is 5.97 Å². The van der Waals surface area contributed by atoms with Crippen LogP contribution in [0.1, 0.15) is 158 Å². The Morgan fingerprint density at radius 1 is 0.438 bits per heavy atom. The molecule has 0 N–H and O–H groups in total. The fourth-order valence-corrected chi connectivity index (χ4v) is 4.55. The molecule has 0 saturated carbocycles. The molecule has 3 heteroatoms. The Labute approximate surface area is 202 Å². The van der Waals surface area contributed by atoms with Crippen LogP contribution in [0.5, 0.6) is 0 Å². The average molecular weight is 457 g/mol. The summed E-state index contributed by atoms with van der Waals surface area (Å²) in [6.45, 7) is 17.2. The Morgan fingerprint density at radius 3 is 1.00 bits per heavy atom. The molecule has 0 amide bonds. The van der Waals surface area contributed by atoms with Crippen LogP contribution in [-0.4, -0.2) is 24.3 Å². The van der Waals surface area contributed by atoms with Gasteiger partial charge in [0.1, 0.15) is 0 Å². The predicted octanol–water partition coefficient (Wildman–Crippen LogP) is 9.81. The van der Waals surface area contributed by atoms with Crippen molar-refractivity contribution in [2.45, 2.75) is 182 Å². The van der Waals surface area contributed by atoms with Crippen LogP contribution in [0.4, 0.5) is 0 Å². The number of hydrogen-bond acceptors (Lipinski definition) is 3. The van der Waals surface area contributed by atoms with E-state index in [1.54, 1.807) is 0 Å². The van der Waals surface area contributed by atoms with Crippen molar-refractivity contribution in [1.29, 1.82) is 0 Å². The maximum Gasteiger partial charge on any atom is 0.286 e. The molecule has 0 aliphatic carbocycles. The smallest absolute Gasteiger partial charge is 0.286 e. The van der Waals surface area contributed by atoms with Crippen LogP contribution in [0.25, 0.3) is 0 Å². The van der Waals surface area contributed by atoms with Crippen molar-refractivity contribution in [3.05, 3.63) is 0 Å². The van der Waals surface area contributed by atoms with Crippen LogP contribution in [0.15, 0.2) is 0 Å². The number of rotatable bonds is 23. The number of unbranched alkanes of at least 4 members (excludes halogenated alkanes) is 12. The van der Waals surface area contributed by atoms with E-state index in [-0.39, 0.29) is 24.2 Å². The Hall–Kier alpha value is -0.120. The highest BCUT2D eigenvalue weighted by Crippen LogP contribution is 2.37. The highest BCUT2D eigenvalue weighted by Gasteiger charge is 2.44. The van der Waals surface area contributed by atoms with Crippen molar-refractivity contribution >= 4 is 0 Å². The van der Waals surface area contributed by atoms with E-state index in [4.69, 9.17) is 14.2 Å². The van der Waals surface area contributed by atoms with Crippen molar-refractivity contribution < 1.29 is 14.2 Å². The van der Waals surface area contributed by atoms with Gasteiger partial charge in [-0.15, -0.1) is 0 Å². The van der Waals surface area contributed by atoms with Gasteiger partial charge in [0, 0.05) is 5.92 Å². The van der Waals surface area contributed by atoms with E-state index in [0.717, 1.165) is 12.8 Å². The molecule has 0 radical (unpaired) electrons. The molecule has 0 rings (SSSR count). The largest absolute Gasteiger partial charge is 0.324 e. The molecule has 0 bridgehead atoms. The fourth-order valence-electron chi connectivity index (χ4n) is 4.55. The molecule has 0 saturated heterocycles. The third kappa shape index (κ3) is 16.5. The van der Waals surface area contributed by atoms with Crippen LogP contribution in [0, 0.1) is 5.92 Å². The van der Waals surface area contributed by atoms with Crippen LogP contribution in [-0.2, 0) is 14.2 Å². The zero-order valence-corrected chi connectivity index (χ0v) is 23.3.